The van der Waals surface area contributed by atoms with E-state index in [-0.39, 0.29) is 0 Å². The molecule has 7 heteroatoms. The van der Waals surface area contributed by atoms with Gasteiger partial charge in [-0.2, -0.15) is 5.10 Å². The number of aromatic nitrogens is 4. The maximum absolute atomic E-state index is 6.06. The second-order valence-electron chi connectivity index (χ2n) is 6.18. The predicted molar refractivity (Wildman–Crippen MR) is 112 cm³/mol. The lowest BCUT2D eigenvalue weighted by Gasteiger charge is -2.04. The first-order valence-corrected chi connectivity index (χ1v) is 9.61. The summed E-state index contributed by atoms with van der Waals surface area (Å²) in [6, 6.07) is 17.8. The Morgan fingerprint density at radius 2 is 1.93 bits per heavy atom. The van der Waals surface area contributed by atoms with Gasteiger partial charge in [0, 0.05) is 10.4 Å². The number of nitrogens with zero attached hydrogens (tertiary/aromatic N) is 4. The van der Waals surface area contributed by atoms with Crippen LogP contribution in [-0.4, -0.2) is 19.7 Å². The number of halogens is 1. The van der Waals surface area contributed by atoms with Crippen molar-refractivity contribution in [3.8, 4) is 5.69 Å². The molecule has 5 aromatic rings. The summed E-state index contributed by atoms with van der Waals surface area (Å²) in [7, 11) is 0. The van der Waals surface area contributed by atoms with Gasteiger partial charge < -0.3 is 5.32 Å². The van der Waals surface area contributed by atoms with Gasteiger partial charge in [-0.05, 0) is 43.3 Å². The van der Waals surface area contributed by atoms with Gasteiger partial charge in [0.2, 0.25) is 0 Å². The lowest BCUT2D eigenvalue weighted by Crippen LogP contribution is -1.97. The van der Waals surface area contributed by atoms with E-state index in [0.717, 1.165) is 43.5 Å². The number of para-hydroxylation sites is 1. The molecule has 0 atom stereocenters. The SMILES string of the molecule is Cc1nn(-c2ccccc2)c2ncc(Nc3nc4ccc(Cl)cc4s3)cc12. The molecule has 0 amide bonds. The Bertz CT molecular complexity index is 1280. The Morgan fingerprint density at radius 1 is 1.07 bits per heavy atom. The molecule has 0 aliphatic heterocycles. The number of aryl methyl sites for hydroxylation is 1. The van der Waals surface area contributed by atoms with Crippen LogP contribution in [0, 0.1) is 6.92 Å². The summed E-state index contributed by atoms with van der Waals surface area (Å²) in [6.45, 7) is 1.99. The number of anilines is 2. The van der Waals surface area contributed by atoms with Crippen LogP contribution in [0.5, 0.6) is 0 Å². The highest BCUT2D eigenvalue weighted by Gasteiger charge is 2.12. The maximum Gasteiger partial charge on any atom is 0.188 e. The quantitative estimate of drug-likeness (QED) is 0.426. The van der Waals surface area contributed by atoms with Crippen LogP contribution in [0.3, 0.4) is 0 Å². The van der Waals surface area contributed by atoms with Crippen molar-refractivity contribution < 1.29 is 0 Å². The summed E-state index contributed by atoms with van der Waals surface area (Å²) in [5.41, 5.74) is 4.56. The molecule has 5 rings (SSSR count). The molecule has 3 heterocycles. The number of nitrogens with one attached hydrogen (secondary N) is 1. The first-order valence-electron chi connectivity index (χ1n) is 8.41. The van der Waals surface area contributed by atoms with Crippen LogP contribution < -0.4 is 5.32 Å². The van der Waals surface area contributed by atoms with Crippen LogP contribution in [0.2, 0.25) is 5.02 Å². The van der Waals surface area contributed by atoms with Gasteiger partial charge in [-0.3, -0.25) is 0 Å². The van der Waals surface area contributed by atoms with Crippen molar-refractivity contribution in [2.45, 2.75) is 6.92 Å². The Morgan fingerprint density at radius 3 is 2.78 bits per heavy atom. The summed E-state index contributed by atoms with van der Waals surface area (Å²) in [6.07, 6.45) is 1.81. The molecule has 5 nitrogen and oxygen atoms in total. The number of hydrogen-bond acceptors (Lipinski definition) is 5. The largest absolute Gasteiger partial charge is 0.330 e. The van der Waals surface area contributed by atoms with E-state index >= 15 is 0 Å². The maximum atomic E-state index is 6.06. The number of thiazole rings is 1. The van der Waals surface area contributed by atoms with E-state index < -0.39 is 0 Å². The molecule has 0 bridgehead atoms. The Hall–Kier alpha value is -2.96. The molecule has 0 aliphatic carbocycles. The van der Waals surface area contributed by atoms with Crippen LogP contribution in [0.4, 0.5) is 10.8 Å². The Labute approximate surface area is 164 Å². The molecule has 0 unspecified atom stereocenters. The molecule has 0 spiro atoms. The minimum Gasteiger partial charge on any atom is -0.330 e. The lowest BCUT2D eigenvalue weighted by atomic mass is 10.2. The van der Waals surface area contributed by atoms with Crippen LogP contribution >= 0.6 is 22.9 Å². The number of benzene rings is 2. The molecule has 132 valence electrons. The van der Waals surface area contributed by atoms with Crippen molar-refractivity contribution in [2.75, 3.05) is 5.32 Å². The summed E-state index contributed by atoms with van der Waals surface area (Å²) >= 11 is 7.63. The van der Waals surface area contributed by atoms with E-state index in [1.54, 1.807) is 11.3 Å². The van der Waals surface area contributed by atoms with Crippen LogP contribution in [0.1, 0.15) is 5.69 Å². The van der Waals surface area contributed by atoms with Gasteiger partial charge in [-0.25, -0.2) is 14.6 Å². The predicted octanol–water partition coefficient (Wildman–Crippen LogP) is 5.74. The van der Waals surface area contributed by atoms with Crippen molar-refractivity contribution in [2.24, 2.45) is 0 Å². The smallest absolute Gasteiger partial charge is 0.188 e. The standard InChI is InChI=1S/C20H14ClN5S/c1-12-16-10-14(23-20-24-17-8-7-13(21)9-18(17)27-20)11-22-19(16)26(25-12)15-5-3-2-4-6-15/h2-11H,1H3,(H,23,24). The molecule has 2 aromatic carbocycles. The molecule has 27 heavy (non-hydrogen) atoms. The third-order valence-electron chi connectivity index (χ3n) is 4.31. The van der Waals surface area contributed by atoms with Gasteiger partial charge in [0.05, 0.1) is 33.5 Å². The molecule has 0 saturated heterocycles. The second kappa shape index (κ2) is 6.33. The van der Waals surface area contributed by atoms with Crippen molar-refractivity contribution in [3.05, 3.63) is 71.5 Å². The van der Waals surface area contributed by atoms with E-state index in [1.807, 2.05) is 66.3 Å². The molecule has 0 radical (unpaired) electrons. The second-order valence-corrected chi connectivity index (χ2v) is 7.65. The van der Waals surface area contributed by atoms with Crippen molar-refractivity contribution in [3.63, 3.8) is 0 Å². The lowest BCUT2D eigenvalue weighted by molar-refractivity contribution is 0.878. The molecular formula is C20H14ClN5S. The Balaban J connectivity index is 1.53. The number of rotatable bonds is 3. The van der Waals surface area contributed by atoms with Gasteiger partial charge in [-0.1, -0.05) is 41.1 Å². The fraction of sp³-hybridized carbons (Fsp3) is 0.0500. The minimum atomic E-state index is 0.713. The zero-order valence-corrected chi connectivity index (χ0v) is 15.9. The third-order valence-corrected chi connectivity index (χ3v) is 5.48. The molecule has 3 aromatic heterocycles. The summed E-state index contributed by atoms with van der Waals surface area (Å²) in [4.78, 5) is 9.24. The molecule has 0 aliphatic rings. The van der Waals surface area contributed by atoms with Crippen LogP contribution in [0.15, 0.2) is 60.8 Å². The van der Waals surface area contributed by atoms with Gasteiger partial charge >= 0.3 is 0 Å². The van der Waals surface area contributed by atoms with E-state index in [1.165, 1.54) is 0 Å². The summed E-state index contributed by atoms with van der Waals surface area (Å²) < 4.78 is 2.92. The zero-order chi connectivity index (χ0) is 18.4. The highest BCUT2D eigenvalue weighted by Crippen LogP contribution is 2.31. The highest BCUT2D eigenvalue weighted by molar-refractivity contribution is 7.22. The molecular weight excluding hydrogens is 378 g/mol. The van der Waals surface area contributed by atoms with Gasteiger partial charge in [0.25, 0.3) is 0 Å². The van der Waals surface area contributed by atoms with Crippen LogP contribution in [0.25, 0.3) is 26.9 Å². The van der Waals surface area contributed by atoms with Crippen molar-refractivity contribution in [1.29, 1.82) is 0 Å². The van der Waals surface area contributed by atoms with E-state index in [0.29, 0.717) is 5.02 Å². The summed E-state index contributed by atoms with van der Waals surface area (Å²) in [5.74, 6) is 0. The van der Waals surface area contributed by atoms with Gasteiger partial charge in [-0.15, -0.1) is 0 Å². The fourth-order valence-corrected chi connectivity index (χ4v) is 4.20. The first kappa shape index (κ1) is 16.2. The average Bonchev–Trinajstić information content (AvgIpc) is 3.22. The van der Waals surface area contributed by atoms with E-state index in [9.17, 15) is 0 Å². The van der Waals surface area contributed by atoms with Gasteiger partial charge in [0.1, 0.15) is 0 Å². The van der Waals surface area contributed by atoms with Crippen molar-refractivity contribution in [1.82, 2.24) is 19.7 Å². The fourth-order valence-electron chi connectivity index (χ4n) is 3.04. The number of pyridine rings is 1. The minimum absolute atomic E-state index is 0.713. The Kier molecular flexibility index (Phi) is 3.81. The van der Waals surface area contributed by atoms with Gasteiger partial charge in [0.15, 0.2) is 10.8 Å². The third kappa shape index (κ3) is 2.93. The van der Waals surface area contributed by atoms with Crippen molar-refractivity contribution >= 4 is 55.0 Å². The first-order chi connectivity index (χ1) is 13.2. The number of fused-ring (bicyclic) bond motifs is 2. The monoisotopic (exact) mass is 391 g/mol. The molecule has 0 fully saturated rings. The average molecular weight is 392 g/mol. The van der Waals surface area contributed by atoms with E-state index in [2.05, 4.69) is 26.4 Å². The normalized spacial score (nSPS) is 11.3. The van der Waals surface area contributed by atoms with Crippen LogP contribution in [-0.2, 0) is 0 Å². The van der Waals surface area contributed by atoms with E-state index in [4.69, 9.17) is 11.6 Å². The zero-order valence-electron chi connectivity index (χ0n) is 14.3. The topological polar surface area (TPSA) is 55.6 Å². The molecule has 0 saturated carbocycles. The highest BCUT2D eigenvalue weighted by atomic mass is 35.5. The number of hydrogen-bond donors (Lipinski definition) is 1. The molecule has 1 N–H and O–H groups in total. The summed E-state index contributed by atoms with van der Waals surface area (Å²) in [5, 5.41) is 10.5.